The number of halogens is 4. The quantitative estimate of drug-likeness (QED) is 0.670. The van der Waals surface area contributed by atoms with E-state index in [0.717, 1.165) is 0 Å². The second-order valence-electron chi connectivity index (χ2n) is 2.60. The molecule has 0 aliphatic carbocycles. The van der Waals surface area contributed by atoms with Gasteiger partial charge in [0.25, 0.3) is 6.43 Å². The molecule has 0 aromatic carbocycles. The predicted molar refractivity (Wildman–Crippen MR) is 42.7 cm³/mol. The van der Waals surface area contributed by atoms with Crippen LogP contribution in [0.2, 0.25) is 0 Å². The maximum atomic E-state index is 12.2. The van der Waals surface area contributed by atoms with Crippen LogP contribution in [-0.2, 0) is 4.79 Å². The Morgan fingerprint density at radius 3 is 2.23 bits per heavy atom. The summed E-state index contributed by atoms with van der Waals surface area (Å²) in [5.74, 6) is -1.01. The van der Waals surface area contributed by atoms with E-state index in [1.54, 1.807) is 5.32 Å². The molecule has 78 valence electrons. The summed E-state index contributed by atoms with van der Waals surface area (Å²) in [6.07, 6.45) is -5.69. The van der Waals surface area contributed by atoms with Crippen molar-refractivity contribution in [3.63, 3.8) is 0 Å². The van der Waals surface area contributed by atoms with Crippen molar-refractivity contribution in [2.75, 3.05) is 13.1 Å². The lowest BCUT2D eigenvalue weighted by Gasteiger charge is -2.26. The summed E-state index contributed by atoms with van der Waals surface area (Å²) in [5, 5.41) is 4.36. The molecule has 1 amide bonds. The molecular formula is C6H10ClF3N2O. The van der Waals surface area contributed by atoms with Gasteiger partial charge < -0.3 is 10.6 Å². The van der Waals surface area contributed by atoms with Gasteiger partial charge in [0.15, 0.2) is 0 Å². The third-order valence-corrected chi connectivity index (χ3v) is 1.65. The molecule has 0 bridgehead atoms. The van der Waals surface area contributed by atoms with Crippen LogP contribution < -0.4 is 10.6 Å². The van der Waals surface area contributed by atoms with Crippen molar-refractivity contribution in [3.8, 4) is 0 Å². The molecule has 1 unspecified atom stereocenters. The summed E-state index contributed by atoms with van der Waals surface area (Å²) in [6.45, 7) is 0.865. The lowest BCUT2D eigenvalue weighted by Crippen LogP contribution is -2.53. The largest absolute Gasteiger partial charge is 0.321 e. The summed E-state index contributed by atoms with van der Waals surface area (Å²) in [4.78, 5) is 10.8. The topological polar surface area (TPSA) is 41.1 Å². The molecule has 7 heteroatoms. The number of rotatable bonds is 3. The van der Waals surface area contributed by atoms with Crippen molar-refractivity contribution < 1.29 is 18.0 Å². The highest BCUT2D eigenvalue weighted by molar-refractivity contribution is 5.85. The Bertz CT molecular complexity index is 177. The van der Waals surface area contributed by atoms with Gasteiger partial charge in [-0.2, -0.15) is 0 Å². The molecule has 1 fully saturated rings. The fourth-order valence-electron chi connectivity index (χ4n) is 0.791. The minimum absolute atomic E-state index is 0. The van der Waals surface area contributed by atoms with Crippen LogP contribution >= 0.6 is 12.4 Å². The number of carbonyl (C=O) groups excluding carboxylic acids is 1. The number of carbonyl (C=O) groups is 1. The first kappa shape index (κ1) is 12.5. The van der Waals surface area contributed by atoms with Crippen molar-refractivity contribution in [1.82, 2.24) is 10.6 Å². The molecule has 3 nitrogen and oxygen atoms in total. The third-order valence-electron chi connectivity index (χ3n) is 1.65. The molecule has 0 saturated carbocycles. The van der Waals surface area contributed by atoms with E-state index in [1.165, 1.54) is 0 Å². The van der Waals surface area contributed by atoms with Crippen LogP contribution in [0.3, 0.4) is 0 Å². The first-order chi connectivity index (χ1) is 5.61. The van der Waals surface area contributed by atoms with Crippen molar-refractivity contribution in [2.24, 2.45) is 5.92 Å². The van der Waals surface area contributed by atoms with Crippen LogP contribution in [0.25, 0.3) is 0 Å². The molecular weight excluding hydrogens is 209 g/mol. The highest BCUT2D eigenvalue weighted by atomic mass is 35.5. The molecule has 1 saturated heterocycles. The molecule has 1 atom stereocenters. The molecule has 1 aliphatic rings. The molecule has 1 heterocycles. The van der Waals surface area contributed by atoms with Gasteiger partial charge >= 0.3 is 0 Å². The summed E-state index contributed by atoms with van der Waals surface area (Å²) >= 11 is 0. The minimum Gasteiger partial charge on any atom is -0.321 e. The lowest BCUT2D eigenvalue weighted by atomic mass is 10.0. The minimum atomic E-state index is -3.15. The standard InChI is InChI=1S/C6H9F3N2O.ClH/c7-4(8)5(9)11-6(12)3-1-10-2-3;/h3-5,10H,1-2H2,(H,11,12);1H. The van der Waals surface area contributed by atoms with Crippen LogP contribution in [0.15, 0.2) is 0 Å². The van der Waals surface area contributed by atoms with Crippen LogP contribution in [0.4, 0.5) is 13.2 Å². The van der Waals surface area contributed by atoms with Gasteiger partial charge in [0, 0.05) is 13.1 Å². The van der Waals surface area contributed by atoms with Gasteiger partial charge in [-0.3, -0.25) is 4.79 Å². The van der Waals surface area contributed by atoms with E-state index in [9.17, 15) is 18.0 Å². The number of nitrogens with one attached hydrogen (secondary N) is 2. The highest BCUT2D eigenvalue weighted by Crippen LogP contribution is 2.06. The van der Waals surface area contributed by atoms with Crippen LogP contribution in [-0.4, -0.2) is 31.7 Å². The second-order valence-corrected chi connectivity index (χ2v) is 2.60. The molecule has 2 N–H and O–H groups in total. The Hall–Kier alpha value is -0.490. The van der Waals surface area contributed by atoms with Gasteiger partial charge in [-0.1, -0.05) is 0 Å². The maximum Gasteiger partial charge on any atom is 0.287 e. The zero-order valence-electron chi connectivity index (χ0n) is 6.60. The first-order valence-electron chi connectivity index (χ1n) is 3.54. The number of hydrogen-bond donors (Lipinski definition) is 2. The van der Waals surface area contributed by atoms with Crippen LogP contribution in [0.1, 0.15) is 0 Å². The number of amides is 1. The summed E-state index contributed by atoms with van der Waals surface area (Å²) in [6, 6.07) is 0. The second kappa shape index (κ2) is 5.29. The van der Waals surface area contributed by atoms with E-state index < -0.39 is 18.6 Å². The van der Waals surface area contributed by atoms with Crippen molar-refractivity contribution in [2.45, 2.75) is 12.7 Å². The molecule has 1 aliphatic heterocycles. The monoisotopic (exact) mass is 218 g/mol. The van der Waals surface area contributed by atoms with Crippen LogP contribution in [0.5, 0.6) is 0 Å². The van der Waals surface area contributed by atoms with Gasteiger partial charge in [0.1, 0.15) is 0 Å². The predicted octanol–water partition coefficient (Wildman–Crippen LogP) is 0.304. The Labute approximate surface area is 79.5 Å². The van der Waals surface area contributed by atoms with Gasteiger partial charge in [-0.15, -0.1) is 12.4 Å². The SMILES string of the molecule is Cl.O=C(NC(F)C(F)F)C1CNC1. The molecule has 1 rings (SSSR count). The smallest absolute Gasteiger partial charge is 0.287 e. The molecule has 0 aromatic rings. The lowest BCUT2D eigenvalue weighted by molar-refractivity contribution is -0.130. The average molecular weight is 219 g/mol. The van der Waals surface area contributed by atoms with Gasteiger partial charge in [0.2, 0.25) is 12.2 Å². The average Bonchev–Trinajstić information content (AvgIpc) is 1.82. The summed E-state index contributed by atoms with van der Waals surface area (Å²) < 4.78 is 35.3. The van der Waals surface area contributed by atoms with E-state index in [-0.39, 0.29) is 18.3 Å². The summed E-state index contributed by atoms with van der Waals surface area (Å²) in [7, 11) is 0. The summed E-state index contributed by atoms with van der Waals surface area (Å²) in [5.41, 5.74) is 0. The highest BCUT2D eigenvalue weighted by Gasteiger charge is 2.29. The fourth-order valence-corrected chi connectivity index (χ4v) is 0.791. The Balaban J connectivity index is 0.00000144. The Morgan fingerprint density at radius 2 is 1.92 bits per heavy atom. The zero-order chi connectivity index (χ0) is 9.14. The van der Waals surface area contributed by atoms with E-state index in [1.807, 2.05) is 0 Å². The maximum absolute atomic E-state index is 12.2. The molecule has 0 aromatic heterocycles. The fraction of sp³-hybridized carbons (Fsp3) is 0.833. The Kier molecular flexibility index (Phi) is 5.09. The van der Waals surface area contributed by atoms with Gasteiger partial charge in [0.05, 0.1) is 5.92 Å². The Morgan fingerprint density at radius 1 is 1.38 bits per heavy atom. The van der Waals surface area contributed by atoms with Gasteiger partial charge in [-0.25, -0.2) is 13.2 Å². The van der Waals surface area contributed by atoms with Crippen LogP contribution in [0, 0.1) is 5.92 Å². The number of alkyl halides is 3. The molecule has 0 spiro atoms. The van der Waals surface area contributed by atoms with Crippen molar-refractivity contribution in [1.29, 1.82) is 0 Å². The molecule has 0 radical (unpaired) electrons. The van der Waals surface area contributed by atoms with Crippen molar-refractivity contribution >= 4 is 18.3 Å². The molecule has 13 heavy (non-hydrogen) atoms. The van der Waals surface area contributed by atoms with Gasteiger partial charge in [-0.05, 0) is 0 Å². The van der Waals surface area contributed by atoms with Crippen molar-refractivity contribution in [3.05, 3.63) is 0 Å². The van der Waals surface area contributed by atoms with E-state index in [0.29, 0.717) is 13.1 Å². The normalized spacial score (nSPS) is 18.8. The number of hydrogen-bond acceptors (Lipinski definition) is 2. The van der Waals surface area contributed by atoms with E-state index >= 15 is 0 Å². The first-order valence-corrected chi connectivity index (χ1v) is 3.54. The third kappa shape index (κ3) is 3.40. The van der Waals surface area contributed by atoms with E-state index in [2.05, 4.69) is 5.32 Å². The zero-order valence-corrected chi connectivity index (χ0v) is 7.41. The van der Waals surface area contributed by atoms with E-state index in [4.69, 9.17) is 0 Å².